The number of fused-ring (bicyclic) bond motifs is 1. The first-order chi connectivity index (χ1) is 17.0. The van der Waals surface area contributed by atoms with Crippen LogP contribution >= 0.6 is 27.5 Å². The number of nitrogens with one attached hydrogen (secondary N) is 1. The van der Waals surface area contributed by atoms with Crippen molar-refractivity contribution in [3.8, 4) is 5.75 Å². The molecule has 3 aromatic rings. The van der Waals surface area contributed by atoms with Gasteiger partial charge in [-0.2, -0.15) is 5.10 Å². The maximum atomic E-state index is 6.53. The summed E-state index contributed by atoms with van der Waals surface area (Å²) in [4.78, 5) is 18.5. The molecule has 11 heteroatoms. The van der Waals surface area contributed by atoms with Crippen molar-refractivity contribution in [2.75, 3.05) is 81.9 Å². The SMILES string of the molecule is CCN1CCN(CCOc2cc(Cl)cc(N3CCN(c4ncnc5n[nH]c(Br)c45)CC3)c2C)CC1. The van der Waals surface area contributed by atoms with E-state index in [0.717, 1.165) is 98.3 Å². The minimum Gasteiger partial charge on any atom is -0.492 e. The largest absolute Gasteiger partial charge is 0.492 e. The fourth-order valence-electron chi connectivity index (χ4n) is 4.94. The molecule has 2 aromatic heterocycles. The summed E-state index contributed by atoms with van der Waals surface area (Å²) in [5, 5.41) is 8.81. The molecule has 9 nitrogen and oxygen atoms in total. The number of anilines is 2. The van der Waals surface area contributed by atoms with Crippen LogP contribution in [0.5, 0.6) is 5.75 Å². The first kappa shape index (κ1) is 24.5. The van der Waals surface area contributed by atoms with Crippen LogP contribution in [-0.4, -0.2) is 102 Å². The Morgan fingerprint density at radius 3 is 2.46 bits per heavy atom. The van der Waals surface area contributed by atoms with E-state index in [1.54, 1.807) is 6.33 Å². The number of ether oxygens (including phenoxy) is 1. The van der Waals surface area contributed by atoms with Crippen molar-refractivity contribution in [2.24, 2.45) is 0 Å². The van der Waals surface area contributed by atoms with E-state index in [1.807, 2.05) is 6.07 Å². The quantitative estimate of drug-likeness (QED) is 0.469. The van der Waals surface area contributed by atoms with E-state index in [2.05, 4.69) is 75.6 Å². The number of H-pyrrole nitrogens is 1. The van der Waals surface area contributed by atoms with Crippen LogP contribution in [0, 0.1) is 6.92 Å². The van der Waals surface area contributed by atoms with E-state index >= 15 is 0 Å². The van der Waals surface area contributed by atoms with Crippen LogP contribution in [0.15, 0.2) is 23.1 Å². The summed E-state index contributed by atoms with van der Waals surface area (Å²) < 4.78 is 7.05. The number of aromatic amines is 1. The van der Waals surface area contributed by atoms with Crippen LogP contribution < -0.4 is 14.5 Å². The Hall–Kier alpha value is -2.14. The number of nitrogens with zero attached hydrogens (tertiary/aromatic N) is 7. The highest BCUT2D eigenvalue weighted by atomic mass is 79.9. The van der Waals surface area contributed by atoms with E-state index in [-0.39, 0.29) is 0 Å². The van der Waals surface area contributed by atoms with Gasteiger partial charge in [0.2, 0.25) is 0 Å². The topological polar surface area (TPSA) is 76.7 Å². The smallest absolute Gasteiger partial charge is 0.187 e. The Kier molecular flexibility index (Phi) is 7.62. The molecule has 2 fully saturated rings. The van der Waals surface area contributed by atoms with Crippen LogP contribution in [0.1, 0.15) is 12.5 Å². The second kappa shape index (κ2) is 10.9. The van der Waals surface area contributed by atoms with Crippen LogP contribution in [-0.2, 0) is 0 Å². The first-order valence-electron chi connectivity index (χ1n) is 12.3. The van der Waals surface area contributed by atoms with Gasteiger partial charge in [0, 0.05) is 75.2 Å². The third-order valence-electron chi connectivity index (χ3n) is 7.08. The average molecular weight is 564 g/mol. The lowest BCUT2D eigenvalue weighted by atomic mass is 10.1. The fourth-order valence-corrected chi connectivity index (χ4v) is 5.58. The maximum Gasteiger partial charge on any atom is 0.187 e. The van der Waals surface area contributed by atoms with Crippen molar-refractivity contribution in [2.45, 2.75) is 13.8 Å². The molecule has 35 heavy (non-hydrogen) atoms. The molecule has 0 radical (unpaired) electrons. The number of aromatic nitrogens is 4. The number of likely N-dealkylation sites (N-methyl/N-ethyl adjacent to an activating group) is 1. The van der Waals surface area contributed by atoms with Gasteiger partial charge in [-0.05, 0) is 41.5 Å². The predicted molar refractivity (Wildman–Crippen MR) is 144 cm³/mol. The molecule has 4 heterocycles. The van der Waals surface area contributed by atoms with Crippen molar-refractivity contribution in [3.05, 3.63) is 33.6 Å². The Balaban J connectivity index is 1.22. The van der Waals surface area contributed by atoms with Gasteiger partial charge < -0.3 is 19.4 Å². The second-order valence-electron chi connectivity index (χ2n) is 9.08. The first-order valence-corrected chi connectivity index (χ1v) is 13.4. The Labute approximate surface area is 219 Å². The maximum absolute atomic E-state index is 6.53. The zero-order chi connectivity index (χ0) is 24.4. The Morgan fingerprint density at radius 2 is 1.71 bits per heavy atom. The highest BCUT2D eigenvalue weighted by Gasteiger charge is 2.24. The summed E-state index contributed by atoms with van der Waals surface area (Å²) in [5.74, 6) is 1.78. The van der Waals surface area contributed by atoms with Crippen LogP contribution in [0.25, 0.3) is 11.0 Å². The third kappa shape index (κ3) is 5.35. The molecule has 0 spiro atoms. The van der Waals surface area contributed by atoms with Gasteiger partial charge in [0.1, 0.15) is 29.1 Å². The molecule has 1 aromatic carbocycles. The van der Waals surface area contributed by atoms with Gasteiger partial charge in [-0.3, -0.25) is 10.00 Å². The lowest BCUT2D eigenvalue weighted by Gasteiger charge is -2.37. The van der Waals surface area contributed by atoms with Gasteiger partial charge in [0.25, 0.3) is 0 Å². The van der Waals surface area contributed by atoms with E-state index < -0.39 is 0 Å². The van der Waals surface area contributed by atoms with Gasteiger partial charge in [0.05, 0.1) is 5.39 Å². The summed E-state index contributed by atoms with van der Waals surface area (Å²) in [6.07, 6.45) is 1.58. The van der Waals surface area contributed by atoms with Gasteiger partial charge in [0.15, 0.2) is 5.65 Å². The molecule has 0 unspecified atom stereocenters. The average Bonchev–Trinajstić information content (AvgIpc) is 3.27. The number of piperazine rings is 2. The number of halogens is 2. The molecule has 0 aliphatic carbocycles. The molecule has 0 amide bonds. The molecule has 5 rings (SSSR count). The summed E-state index contributed by atoms with van der Waals surface area (Å²) in [7, 11) is 0. The molecule has 0 atom stereocenters. The normalized spacial score (nSPS) is 17.9. The van der Waals surface area contributed by atoms with E-state index in [1.165, 1.54) is 0 Å². The molecule has 0 saturated carbocycles. The van der Waals surface area contributed by atoms with Gasteiger partial charge in [-0.1, -0.05) is 18.5 Å². The zero-order valence-electron chi connectivity index (χ0n) is 20.3. The van der Waals surface area contributed by atoms with Crippen molar-refractivity contribution >= 4 is 50.1 Å². The molecular weight excluding hydrogens is 532 g/mol. The molecule has 2 aliphatic rings. The monoisotopic (exact) mass is 562 g/mol. The summed E-state index contributed by atoms with van der Waals surface area (Å²) in [6, 6.07) is 4.00. The zero-order valence-corrected chi connectivity index (χ0v) is 22.6. The van der Waals surface area contributed by atoms with Crippen LogP contribution in [0.4, 0.5) is 11.5 Å². The molecule has 2 saturated heterocycles. The van der Waals surface area contributed by atoms with Crippen LogP contribution in [0.3, 0.4) is 0 Å². The Morgan fingerprint density at radius 1 is 1.00 bits per heavy atom. The summed E-state index contributed by atoms with van der Waals surface area (Å²) in [6.45, 7) is 15.0. The lowest BCUT2D eigenvalue weighted by molar-refractivity contribution is 0.120. The molecule has 1 N–H and O–H groups in total. The van der Waals surface area contributed by atoms with Crippen molar-refractivity contribution in [1.29, 1.82) is 0 Å². The van der Waals surface area contributed by atoms with Crippen molar-refractivity contribution in [3.63, 3.8) is 0 Å². The second-order valence-corrected chi connectivity index (χ2v) is 10.3. The van der Waals surface area contributed by atoms with Crippen LogP contribution in [0.2, 0.25) is 5.02 Å². The van der Waals surface area contributed by atoms with E-state index in [0.29, 0.717) is 17.3 Å². The molecular formula is C24H32BrClN8O. The van der Waals surface area contributed by atoms with E-state index in [4.69, 9.17) is 16.3 Å². The Bertz CT molecular complexity index is 1160. The van der Waals surface area contributed by atoms with E-state index in [9.17, 15) is 0 Å². The molecule has 188 valence electrons. The highest BCUT2D eigenvalue weighted by Crippen LogP contribution is 2.35. The predicted octanol–water partition coefficient (Wildman–Crippen LogP) is 3.42. The molecule has 2 aliphatic heterocycles. The van der Waals surface area contributed by atoms with Gasteiger partial charge in [-0.15, -0.1) is 0 Å². The van der Waals surface area contributed by atoms with Gasteiger partial charge in [-0.25, -0.2) is 9.97 Å². The number of rotatable bonds is 7. The number of benzene rings is 1. The minimum atomic E-state index is 0.670. The van der Waals surface area contributed by atoms with Crippen molar-refractivity contribution in [1.82, 2.24) is 30.0 Å². The lowest BCUT2D eigenvalue weighted by Crippen LogP contribution is -2.47. The standard InChI is InChI=1S/C24H32BrClN8O/c1-3-31-4-6-32(7-5-31)12-13-35-20-15-18(26)14-19(17(20)2)33-8-10-34(11-9-33)24-21-22(25)29-30-23(21)27-16-28-24/h14-16H,3-13H2,1-2H3,(H,27,28,29,30). The molecule has 0 bridgehead atoms. The summed E-state index contributed by atoms with van der Waals surface area (Å²) >= 11 is 10.1. The summed E-state index contributed by atoms with van der Waals surface area (Å²) in [5.41, 5.74) is 2.95. The fraction of sp³-hybridized carbons (Fsp3) is 0.542. The van der Waals surface area contributed by atoms with Crippen molar-refractivity contribution < 1.29 is 4.74 Å². The third-order valence-corrected chi connectivity index (χ3v) is 7.87. The van der Waals surface area contributed by atoms with Gasteiger partial charge >= 0.3 is 0 Å². The number of hydrogen-bond acceptors (Lipinski definition) is 8. The number of hydrogen-bond donors (Lipinski definition) is 1. The minimum absolute atomic E-state index is 0.670. The highest BCUT2D eigenvalue weighted by molar-refractivity contribution is 9.10.